The van der Waals surface area contributed by atoms with Crippen molar-refractivity contribution in [2.45, 2.75) is 49.1 Å². The Morgan fingerprint density at radius 1 is 1.39 bits per heavy atom. The second-order valence-corrected chi connectivity index (χ2v) is 7.84. The van der Waals surface area contributed by atoms with E-state index >= 15 is 0 Å². The molecule has 0 radical (unpaired) electrons. The summed E-state index contributed by atoms with van der Waals surface area (Å²) in [6.45, 7) is 1.86. The first-order chi connectivity index (χ1) is 11.1. The van der Waals surface area contributed by atoms with Crippen LogP contribution in [0.4, 0.5) is 0 Å². The van der Waals surface area contributed by atoms with Crippen LogP contribution in [0.1, 0.15) is 32.6 Å². The molecule has 1 aliphatic carbocycles. The summed E-state index contributed by atoms with van der Waals surface area (Å²) in [4.78, 5) is 12.2. The maximum absolute atomic E-state index is 12.2. The summed E-state index contributed by atoms with van der Waals surface area (Å²) in [5.41, 5.74) is 0.849. The summed E-state index contributed by atoms with van der Waals surface area (Å²) in [6.07, 6.45) is 4.56. The van der Waals surface area contributed by atoms with Crippen LogP contribution in [-0.4, -0.2) is 27.4 Å². The van der Waals surface area contributed by atoms with Gasteiger partial charge in [-0.25, -0.2) is 0 Å². The fourth-order valence-corrected chi connectivity index (χ4v) is 3.68. The molecule has 1 fully saturated rings. The molecule has 1 atom stereocenters. The van der Waals surface area contributed by atoms with Gasteiger partial charge in [-0.2, -0.15) is 0 Å². The minimum atomic E-state index is -0.258. The Balaban J connectivity index is 1.60. The number of amides is 1. The van der Waals surface area contributed by atoms with Gasteiger partial charge in [0, 0.05) is 16.1 Å². The molecule has 0 saturated heterocycles. The van der Waals surface area contributed by atoms with Gasteiger partial charge in [0.15, 0.2) is 0 Å². The molecule has 0 bridgehead atoms. The highest BCUT2D eigenvalue weighted by molar-refractivity contribution is 9.10. The maximum Gasteiger partial charge on any atom is 0.277 e. The number of aromatic nitrogens is 2. The summed E-state index contributed by atoms with van der Waals surface area (Å²) in [6, 6.07) is 7.99. The molecule has 1 amide bonds. The smallest absolute Gasteiger partial charge is 0.277 e. The van der Waals surface area contributed by atoms with E-state index in [1.165, 1.54) is 24.6 Å². The first-order valence-electron chi connectivity index (χ1n) is 7.68. The fraction of sp³-hybridized carbons (Fsp3) is 0.438. The molecule has 1 heterocycles. The molecule has 1 saturated carbocycles. The van der Waals surface area contributed by atoms with Gasteiger partial charge in [-0.1, -0.05) is 46.6 Å². The van der Waals surface area contributed by atoms with Crippen LogP contribution in [0.2, 0.25) is 0 Å². The summed E-state index contributed by atoms with van der Waals surface area (Å²) in [5.74, 6) is 0.487. The minimum absolute atomic E-state index is 0.0316. The van der Waals surface area contributed by atoms with E-state index in [2.05, 4.69) is 31.4 Å². The van der Waals surface area contributed by atoms with Gasteiger partial charge in [0.05, 0.1) is 5.25 Å². The molecule has 3 rings (SSSR count). The third-order valence-corrected chi connectivity index (χ3v) is 5.25. The average molecular weight is 396 g/mol. The molecular weight excluding hydrogens is 378 g/mol. The predicted octanol–water partition coefficient (Wildman–Crippen LogP) is 4.04. The molecule has 122 valence electrons. The summed E-state index contributed by atoms with van der Waals surface area (Å²) >= 11 is 4.71. The first kappa shape index (κ1) is 16.5. The number of nitrogens with one attached hydrogen (secondary N) is 1. The van der Waals surface area contributed by atoms with Gasteiger partial charge in [0.2, 0.25) is 11.8 Å². The van der Waals surface area contributed by atoms with E-state index in [4.69, 9.17) is 4.42 Å². The number of carbonyl (C=O) groups is 1. The number of carbonyl (C=O) groups excluding carboxylic acids is 1. The van der Waals surface area contributed by atoms with Gasteiger partial charge in [0.25, 0.3) is 5.22 Å². The van der Waals surface area contributed by atoms with Crippen molar-refractivity contribution in [2.75, 3.05) is 0 Å². The van der Waals surface area contributed by atoms with Crippen LogP contribution in [0.15, 0.2) is 38.4 Å². The number of nitrogens with zero attached hydrogens (tertiary/aromatic N) is 2. The predicted molar refractivity (Wildman–Crippen MR) is 93.2 cm³/mol. The van der Waals surface area contributed by atoms with Crippen molar-refractivity contribution in [3.05, 3.63) is 28.7 Å². The van der Waals surface area contributed by atoms with Crippen LogP contribution in [0, 0.1) is 0 Å². The van der Waals surface area contributed by atoms with Crippen molar-refractivity contribution in [2.24, 2.45) is 0 Å². The highest BCUT2D eigenvalue weighted by Crippen LogP contribution is 2.28. The Hall–Kier alpha value is -1.34. The highest BCUT2D eigenvalue weighted by Gasteiger charge is 2.23. The average Bonchev–Trinajstić information content (AvgIpc) is 3.19. The normalized spacial score (nSPS) is 16.4. The van der Waals surface area contributed by atoms with Crippen LogP contribution in [0.5, 0.6) is 0 Å². The molecule has 23 heavy (non-hydrogen) atoms. The van der Waals surface area contributed by atoms with Crippen molar-refractivity contribution < 1.29 is 9.21 Å². The molecule has 1 aromatic carbocycles. The van der Waals surface area contributed by atoms with Crippen molar-refractivity contribution in [3.8, 4) is 11.5 Å². The third kappa shape index (κ3) is 4.35. The summed E-state index contributed by atoms with van der Waals surface area (Å²) in [7, 11) is 0. The van der Waals surface area contributed by atoms with Crippen LogP contribution in [0.25, 0.3) is 11.5 Å². The van der Waals surface area contributed by atoms with Crippen molar-refractivity contribution in [1.29, 1.82) is 0 Å². The second kappa shape index (κ2) is 7.49. The summed E-state index contributed by atoms with van der Waals surface area (Å²) < 4.78 is 6.61. The van der Waals surface area contributed by atoms with E-state index in [1.807, 2.05) is 31.2 Å². The quantitative estimate of drug-likeness (QED) is 0.773. The van der Waals surface area contributed by atoms with Gasteiger partial charge in [-0.05, 0) is 38.0 Å². The molecule has 2 aromatic rings. The number of halogens is 1. The Kier molecular flexibility index (Phi) is 5.38. The number of hydrogen-bond donors (Lipinski definition) is 1. The Bertz CT molecular complexity index is 685. The molecular formula is C16H18BrN3O2S. The van der Waals surface area contributed by atoms with Crippen LogP contribution >= 0.6 is 27.7 Å². The molecule has 1 aromatic heterocycles. The van der Waals surface area contributed by atoms with E-state index < -0.39 is 0 Å². The third-order valence-electron chi connectivity index (χ3n) is 3.83. The van der Waals surface area contributed by atoms with Crippen LogP contribution < -0.4 is 5.32 Å². The lowest BCUT2D eigenvalue weighted by Crippen LogP contribution is -2.37. The van der Waals surface area contributed by atoms with E-state index in [1.54, 1.807) is 0 Å². The molecule has 0 spiro atoms. The van der Waals surface area contributed by atoms with Crippen molar-refractivity contribution in [1.82, 2.24) is 15.5 Å². The molecule has 1 aliphatic rings. The highest BCUT2D eigenvalue weighted by atomic mass is 79.9. The largest absolute Gasteiger partial charge is 0.411 e. The Labute approximate surface area is 147 Å². The van der Waals surface area contributed by atoms with Gasteiger partial charge in [-0.15, -0.1) is 10.2 Å². The topological polar surface area (TPSA) is 68.0 Å². The Morgan fingerprint density at radius 2 is 2.17 bits per heavy atom. The fourth-order valence-electron chi connectivity index (χ4n) is 2.59. The van der Waals surface area contributed by atoms with E-state index in [0.717, 1.165) is 22.9 Å². The second-order valence-electron chi connectivity index (χ2n) is 5.63. The standard InChI is InChI=1S/C16H18BrN3O2S/c1-10(14(21)18-13-7-2-3-8-13)23-16-20-19-15(22-16)11-5-4-6-12(17)9-11/h4-6,9-10,13H,2-3,7-8H2,1H3,(H,18,21)/t10-/m0/s1. The van der Waals surface area contributed by atoms with Gasteiger partial charge in [-0.3, -0.25) is 4.79 Å². The molecule has 0 unspecified atom stereocenters. The SMILES string of the molecule is C[C@H](Sc1nnc(-c2cccc(Br)c2)o1)C(=O)NC1CCCC1. The maximum atomic E-state index is 12.2. The summed E-state index contributed by atoms with van der Waals surface area (Å²) in [5, 5.41) is 11.3. The number of thioether (sulfide) groups is 1. The number of rotatable bonds is 5. The van der Waals surface area contributed by atoms with E-state index in [-0.39, 0.29) is 11.2 Å². The first-order valence-corrected chi connectivity index (χ1v) is 9.35. The lowest BCUT2D eigenvalue weighted by molar-refractivity contribution is -0.120. The van der Waals surface area contributed by atoms with Crippen LogP contribution in [-0.2, 0) is 4.79 Å². The lowest BCUT2D eigenvalue weighted by Gasteiger charge is -2.14. The zero-order chi connectivity index (χ0) is 16.2. The molecule has 7 heteroatoms. The van der Waals surface area contributed by atoms with Crippen LogP contribution in [0.3, 0.4) is 0 Å². The monoisotopic (exact) mass is 395 g/mol. The zero-order valence-electron chi connectivity index (χ0n) is 12.8. The Morgan fingerprint density at radius 3 is 2.91 bits per heavy atom. The molecule has 1 N–H and O–H groups in total. The van der Waals surface area contributed by atoms with Crippen molar-refractivity contribution >= 4 is 33.6 Å². The van der Waals surface area contributed by atoms with Crippen molar-refractivity contribution in [3.63, 3.8) is 0 Å². The van der Waals surface area contributed by atoms with E-state index in [0.29, 0.717) is 17.2 Å². The number of hydrogen-bond acceptors (Lipinski definition) is 5. The number of benzene rings is 1. The van der Waals surface area contributed by atoms with Gasteiger partial charge in [0.1, 0.15) is 0 Å². The minimum Gasteiger partial charge on any atom is -0.411 e. The van der Waals surface area contributed by atoms with Gasteiger partial charge >= 0.3 is 0 Å². The molecule has 0 aliphatic heterocycles. The lowest BCUT2D eigenvalue weighted by atomic mass is 10.2. The van der Waals surface area contributed by atoms with Gasteiger partial charge < -0.3 is 9.73 Å². The zero-order valence-corrected chi connectivity index (χ0v) is 15.2. The van der Waals surface area contributed by atoms with E-state index in [9.17, 15) is 4.79 Å². The molecule has 5 nitrogen and oxygen atoms in total.